The lowest BCUT2D eigenvalue weighted by atomic mass is 10.2. The monoisotopic (exact) mass is 283 g/mol. The van der Waals surface area contributed by atoms with Crippen LogP contribution >= 0.6 is 15.9 Å². The molecule has 1 fully saturated rings. The van der Waals surface area contributed by atoms with E-state index in [-0.39, 0.29) is 11.9 Å². The van der Waals surface area contributed by atoms with Crippen molar-refractivity contribution in [2.75, 3.05) is 17.6 Å². The number of hydrogen-bond acceptors (Lipinski definition) is 3. The maximum atomic E-state index is 11.0. The second kappa shape index (κ2) is 4.74. The Morgan fingerprint density at radius 2 is 2.38 bits per heavy atom. The molecule has 0 aliphatic carbocycles. The third-order valence-electron chi connectivity index (χ3n) is 2.62. The molecule has 1 saturated heterocycles. The molecule has 1 amide bonds. The van der Waals surface area contributed by atoms with Crippen LogP contribution in [0, 0.1) is 0 Å². The van der Waals surface area contributed by atoms with Crippen LogP contribution in [0.5, 0.6) is 0 Å². The van der Waals surface area contributed by atoms with Gasteiger partial charge in [-0.1, -0.05) is 0 Å². The van der Waals surface area contributed by atoms with E-state index in [2.05, 4.69) is 26.6 Å². The molecule has 1 aromatic rings. The van der Waals surface area contributed by atoms with Gasteiger partial charge in [0, 0.05) is 34.9 Å². The zero-order valence-corrected chi connectivity index (χ0v) is 10.4. The van der Waals surface area contributed by atoms with Gasteiger partial charge in [0.05, 0.1) is 0 Å². The summed E-state index contributed by atoms with van der Waals surface area (Å²) in [5.74, 6) is 0.142. The molecular weight excluding hydrogens is 270 g/mol. The Hall–Kier alpha value is -1.23. The van der Waals surface area contributed by atoms with Crippen LogP contribution in [0.2, 0.25) is 0 Å². The fourth-order valence-corrected chi connectivity index (χ4v) is 2.27. The summed E-state index contributed by atoms with van der Waals surface area (Å²) in [4.78, 5) is 11.0. The van der Waals surface area contributed by atoms with Gasteiger partial charge in [0.15, 0.2) is 0 Å². The second-order valence-corrected chi connectivity index (χ2v) is 4.78. The molecule has 0 aromatic heterocycles. The van der Waals surface area contributed by atoms with Crippen molar-refractivity contribution in [2.45, 2.75) is 18.9 Å². The standard InChI is InChI=1S/C11H14BrN3O/c12-9-5-7(13)1-3-10(9)14-6-8-2-4-11(16)15-8/h1,3,5,8,14H,2,4,6,13H2,(H,15,16). The first-order valence-corrected chi connectivity index (χ1v) is 6.03. The molecule has 1 unspecified atom stereocenters. The number of benzene rings is 1. The summed E-state index contributed by atoms with van der Waals surface area (Å²) in [5.41, 5.74) is 7.37. The molecule has 1 aliphatic heterocycles. The molecule has 2 rings (SSSR count). The predicted octanol–water partition coefficient (Wildman–Crippen LogP) is 1.72. The van der Waals surface area contributed by atoms with Crippen LogP contribution in [-0.4, -0.2) is 18.5 Å². The summed E-state index contributed by atoms with van der Waals surface area (Å²) in [6.07, 6.45) is 1.54. The first-order chi connectivity index (χ1) is 7.65. The van der Waals surface area contributed by atoms with E-state index < -0.39 is 0 Å². The molecule has 0 radical (unpaired) electrons. The molecule has 0 spiro atoms. The molecule has 0 saturated carbocycles. The van der Waals surface area contributed by atoms with Crippen LogP contribution < -0.4 is 16.4 Å². The number of amides is 1. The zero-order chi connectivity index (χ0) is 11.5. The molecular formula is C11H14BrN3O. The zero-order valence-electron chi connectivity index (χ0n) is 8.79. The Kier molecular flexibility index (Phi) is 3.33. The summed E-state index contributed by atoms with van der Waals surface area (Å²) in [6.45, 7) is 0.744. The van der Waals surface area contributed by atoms with Crippen molar-refractivity contribution in [1.29, 1.82) is 0 Å². The van der Waals surface area contributed by atoms with E-state index in [0.29, 0.717) is 6.42 Å². The Balaban J connectivity index is 1.92. The van der Waals surface area contributed by atoms with Crippen molar-refractivity contribution in [3.05, 3.63) is 22.7 Å². The molecule has 1 atom stereocenters. The van der Waals surface area contributed by atoms with Crippen molar-refractivity contribution >= 4 is 33.2 Å². The number of rotatable bonds is 3. The van der Waals surface area contributed by atoms with Crippen LogP contribution in [-0.2, 0) is 4.79 Å². The quantitative estimate of drug-likeness (QED) is 0.740. The lowest BCUT2D eigenvalue weighted by Crippen LogP contribution is -2.31. The van der Waals surface area contributed by atoms with Crippen molar-refractivity contribution in [1.82, 2.24) is 5.32 Å². The van der Waals surface area contributed by atoms with E-state index >= 15 is 0 Å². The summed E-state index contributed by atoms with van der Waals surface area (Å²) in [5, 5.41) is 6.20. The first-order valence-electron chi connectivity index (χ1n) is 5.23. The molecule has 1 heterocycles. The lowest BCUT2D eigenvalue weighted by molar-refractivity contribution is -0.119. The number of nitrogen functional groups attached to an aromatic ring is 1. The van der Waals surface area contributed by atoms with E-state index in [1.807, 2.05) is 18.2 Å². The van der Waals surface area contributed by atoms with Crippen LogP contribution in [0.3, 0.4) is 0 Å². The highest BCUT2D eigenvalue weighted by atomic mass is 79.9. The Morgan fingerprint density at radius 1 is 1.56 bits per heavy atom. The lowest BCUT2D eigenvalue weighted by Gasteiger charge is -2.13. The Labute approximate surface area is 103 Å². The molecule has 0 bridgehead atoms. The number of carbonyl (C=O) groups excluding carboxylic acids is 1. The minimum atomic E-state index is 0.142. The number of hydrogen-bond donors (Lipinski definition) is 3. The maximum absolute atomic E-state index is 11.0. The van der Waals surface area contributed by atoms with E-state index in [1.165, 1.54) is 0 Å². The van der Waals surface area contributed by atoms with Gasteiger partial charge in [-0.05, 0) is 40.5 Å². The van der Waals surface area contributed by atoms with Gasteiger partial charge in [0.2, 0.25) is 5.91 Å². The predicted molar refractivity (Wildman–Crippen MR) is 68.2 cm³/mol. The van der Waals surface area contributed by atoms with Gasteiger partial charge in [-0.15, -0.1) is 0 Å². The molecule has 5 heteroatoms. The minimum absolute atomic E-state index is 0.142. The van der Waals surface area contributed by atoms with Crippen molar-refractivity contribution in [3.8, 4) is 0 Å². The minimum Gasteiger partial charge on any atom is -0.399 e. The van der Waals surface area contributed by atoms with Gasteiger partial charge >= 0.3 is 0 Å². The Morgan fingerprint density at radius 3 is 3.00 bits per heavy atom. The highest BCUT2D eigenvalue weighted by Crippen LogP contribution is 2.24. The molecule has 1 aromatic carbocycles. The third kappa shape index (κ3) is 2.66. The highest BCUT2D eigenvalue weighted by Gasteiger charge is 2.20. The van der Waals surface area contributed by atoms with Crippen molar-refractivity contribution in [3.63, 3.8) is 0 Å². The topological polar surface area (TPSA) is 67.1 Å². The normalized spacial score (nSPS) is 19.6. The summed E-state index contributed by atoms with van der Waals surface area (Å²) < 4.78 is 0.942. The van der Waals surface area contributed by atoms with E-state index in [4.69, 9.17) is 5.73 Å². The van der Waals surface area contributed by atoms with Gasteiger partial charge in [0.25, 0.3) is 0 Å². The van der Waals surface area contributed by atoms with Crippen LogP contribution in [0.4, 0.5) is 11.4 Å². The second-order valence-electron chi connectivity index (χ2n) is 3.92. The molecule has 1 aliphatic rings. The number of nitrogens with one attached hydrogen (secondary N) is 2. The summed E-state index contributed by atoms with van der Waals surface area (Å²) in [7, 11) is 0. The fourth-order valence-electron chi connectivity index (χ4n) is 1.74. The van der Waals surface area contributed by atoms with Gasteiger partial charge in [-0.3, -0.25) is 4.79 Å². The molecule has 4 N–H and O–H groups in total. The SMILES string of the molecule is Nc1ccc(NCC2CCC(=O)N2)c(Br)c1. The van der Waals surface area contributed by atoms with E-state index in [1.54, 1.807) is 0 Å². The van der Waals surface area contributed by atoms with E-state index in [9.17, 15) is 4.79 Å². The van der Waals surface area contributed by atoms with Gasteiger partial charge in [0.1, 0.15) is 0 Å². The summed E-state index contributed by atoms with van der Waals surface area (Å²) in [6, 6.07) is 5.86. The number of halogens is 1. The van der Waals surface area contributed by atoms with Gasteiger partial charge in [-0.25, -0.2) is 0 Å². The van der Waals surface area contributed by atoms with Crippen LogP contribution in [0.15, 0.2) is 22.7 Å². The number of carbonyl (C=O) groups is 1. The van der Waals surface area contributed by atoms with Crippen molar-refractivity contribution in [2.24, 2.45) is 0 Å². The average Bonchev–Trinajstić information content (AvgIpc) is 2.63. The highest BCUT2D eigenvalue weighted by molar-refractivity contribution is 9.10. The number of nitrogens with two attached hydrogens (primary N) is 1. The molecule has 16 heavy (non-hydrogen) atoms. The van der Waals surface area contributed by atoms with Crippen molar-refractivity contribution < 1.29 is 4.79 Å². The average molecular weight is 284 g/mol. The Bertz CT molecular complexity index is 408. The fraction of sp³-hybridized carbons (Fsp3) is 0.364. The van der Waals surface area contributed by atoms with Crippen LogP contribution in [0.1, 0.15) is 12.8 Å². The van der Waals surface area contributed by atoms with Gasteiger partial charge in [-0.2, -0.15) is 0 Å². The van der Waals surface area contributed by atoms with E-state index in [0.717, 1.165) is 28.8 Å². The summed E-state index contributed by atoms with van der Waals surface area (Å²) >= 11 is 3.44. The van der Waals surface area contributed by atoms with Gasteiger partial charge < -0.3 is 16.4 Å². The first kappa shape index (κ1) is 11.3. The maximum Gasteiger partial charge on any atom is 0.220 e. The largest absolute Gasteiger partial charge is 0.399 e. The molecule has 4 nitrogen and oxygen atoms in total. The number of anilines is 2. The smallest absolute Gasteiger partial charge is 0.220 e. The van der Waals surface area contributed by atoms with Crippen LogP contribution in [0.25, 0.3) is 0 Å². The third-order valence-corrected chi connectivity index (χ3v) is 3.27. The molecule has 86 valence electrons.